The molecule has 1 aromatic carbocycles. The second kappa shape index (κ2) is 5.07. The molecule has 1 atom stereocenters. The molecule has 0 aliphatic rings. The maximum atomic E-state index is 6.05. The number of hydrogen-bond donors (Lipinski definition) is 1. The molecule has 0 fully saturated rings. The third-order valence-electron chi connectivity index (χ3n) is 2.98. The van der Waals surface area contributed by atoms with Crippen LogP contribution in [0.25, 0.3) is 11.0 Å². The predicted octanol–water partition coefficient (Wildman–Crippen LogP) is 3.16. The predicted molar refractivity (Wildman–Crippen MR) is 72.5 cm³/mol. The lowest BCUT2D eigenvalue weighted by molar-refractivity contribution is 0.606. The Hall–Kier alpha value is -1.06. The molecule has 0 aliphatic heterocycles. The summed E-state index contributed by atoms with van der Waals surface area (Å²) in [7, 11) is 0. The number of nitrogens with zero attached hydrogens (tertiary/aromatic N) is 2. The minimum Gasteiger partial charge on any atom is -0.330 e. The summed E-state index contributed by atoms with van der Waals surface area (Å²) < 4.78 is 2.23. The topological polar surface area (TPSA) is 43.8 Å². The smallest absolute Gasteiger partial charge is 0.113 e. The van der Waals surface area contributed by atoms with Crippen LogP contribution in [-0.4, -0.2) is 16.1 Å². The van der Waals surface area contributed by atoms with E-state index in [4.69, 9.17) is 17.3 Å². The van der Waals surface area contributed by atoms with Crippen LogP contribution in [0, 0.1) is 0 Å². The minimum atomic E-state index is 0.271. The molecule has 2 aromatic rings. The lowest BCUT2D eigenvalue weighted by Crippen LogP contribution is -2.14. The molecule has 1 aromatic heterocycles. The average Bonchev–Trinajstić information content (AvgIpc) is 2.67. The highest BCUT2D eigenvalue weighted by Crippen LogP contribution is 2.24. The van der Waals surface area contributed by atoms with E-state index in [1.54, 1.807) is 0 Å². The Kier molecular flexibility index (Phi) is 3.69. The first-order valence-electron chi connectivity index (χ1n) is 6.03. The van der Waals surface area contributed by atoms with Gasteiger partial charge in [-0.1, -0.05) is 25.4 Å². The Bertz CT molecular complexity index is 519. The van der Waals surface area contributed by atoms with Crippen molar-refractivity contribution < 1.29 is 0 Å². The summed E-state index contributed by atoms with van der Waals surface area (Å²) in [4.78, 5) is 4.67. The fourth-order valence-electron chi connectivity index (χ4n) is 2.05. The van der Waals surface area contributed by atoms with Crippen LogP contribution in [0.2, 0.25) is 5.02 Å². The van der Waals surface area contributed by atoms with Gasteiger partial charge in [0.1, 0.15) is 5.82 Å². The number of fused-ring (bicyclic) bond motifs is 1. The van der Waals surface area contributed by atoms with Gasteiger partial charge in [-0.05, 0) is 24.6 Å². The molecule has 1 heterocycles. The minimum absolute atomic E-state index is 0.271. The number of aromatic nitrogens is 2. The Balaban J connectivity index is 2.62. The van der Waals surface area contributed by atoms with E-state index in [1.165, 1.54) is 0 Å². The van der Waals surface area contributed by atoms with E-state index >= 15 is 0 Å². The molecule has 0 aliphatic carbocycles. The monoisotopic (exact) mass is 251 g/mol. The number of nitrogens with two attached hydrogens (primary N) is 1. The normalized spacial score (nSPS) is 13.2. The highest BCUT2D eigenvalue weighted by molar-refractivity contribution is 6.31. The van der Waals surface area contributed by atoms with Crippen LogP contribution in [0.5, 0.6) is 0 Å². The summed E-state index contributed by atoms with van der Waals surface area (Å²) in [5.74, 6) is 1.33. The van der Waals surface area contributed by atoms with E-state index in [2.05, 4.69) is 23.4 Å². The van der Waals surface area contributed by atoms with Gasteiger partial charge in [-0.2, -0.15) is 0 Å². The average molecular weight is 252 g/mol. The molecule has 0 spiro atoms. The summed E-state index contributed by atoms with van der Waals surface area (Å²) in [6.45, 7) is 5.83. The molecule has 3 nitrogen and oxygen atoms in total. The summed E-state index contributed by atoms with van der Waals surface area (Å²) in [5.41, 5.74) is 7.85. The zero-order chi connectivity index (χ0) is 12.4. The number of aryl methyl sites for hydroxylation is 1. The first-order chi connectivity index (χ1) is 8.17. The second-order valence-corrected chi connectivity index (χ2v) is 4.83. The molecule has 0 saturated heterocycles. The lowest BCUT2D eigenvalue weighted by Gasteiger charge is -2.12. The fourth-order valence-corrected chi connectivity index (χ4v) is 2.22. The van der Waals surface area contributed by atoms with Crippen molar-refractivity contribution in [3.8, 4) is 0 Å². The zero-order valence-corrected chi connectivity index (χ0v) is 11.0. The van der Waals surface area contributed by atoms with Crippen LogP contribution in [0.1, 0.15) is 32.0 Å². The van der Waals surface area contributed by atoms with Gasteiger partial charge in [-0.25, -0.2) is 4.98 Å². The number of rotatable bonds is 4. The van der Waals surface area contributed by atoms with Gasteiger partial charge in [0.2, 0.25) is 0 Å². The Labute approximate surface area is 107 Å². The van der Waals surface area contributed by atoms with Crippen molar-refractivity contribution in [3.05, 3.63) is 29.0 Å². The SMILES string of the molecule is CCCn1c(C(C)CN)nc2ccc(Cl)cc21. The maximum Gasteiger partial charge on any atom is 0.113 e. The third-order valence-corrected chi connectivity index (χ3v) is 3.22. The fraction of sp³-hybridized carbons (Fsp3) is 0.462. The van der Waals surface area contributed by atoms with Gasteiger partial charge in [0, 0.05) is 24.0 Å². The Morgan fingerprint density at radius 2 is 2.24 bits per heavy atom. The highest BCUT2D eigenvalue weighted by atomic mass is 35.5. The molecule has 4 heteroatoms. The molecule has 2 N–H and O–H groups in total. The van der Waals surface area contributed by atoms with E-state index in [-0.39, 0.29) is 5.92 Å². The molecule has 92 valence electrons. The standard InChI is InChI=1S/C13H18ClN3/c1-3-6-17-12-7-10(14)4-5-11(12)16-13(17)9(2)8-15/h4-5,7,9H,3,6,8,15H2,1-2H3. The van der Waals surface area contributed by atoms with Crippen molar-refractivity contribution in [1.82, 2.24) is 9.55 Å². The maximum absolute atomic E-state index is 6.05. The van der Waals surface area contributed by atoms with Crippen LogP contribution in [0.3, 0.4) is 0 Å². The van der Waals surface area contributed by atoms with Crippen molar-refractivity contribution in [3.63, 3.8) is 0 Å². The summed E-state index contributed by atoms with van der Waals surface area (Å²) in [6, 6.07) is 5.83. The highest BCUT2D eigenvalue weighted by Gasteiger charge is 2.15. The van der Waals surface area contributed by atoms with E-state index in [0.29, 0.717) is 6.54 Å². The molecule has 0 radical (unpaired) electrons. The molecular weight excluding hydrogens is 234 g/mol. The van der Waals surface area contributed by atoms with Crippen molar-refractivity contribution in [2.24, 2.45) is 5.73 Å². The third kappa shape index (κ3) is 2.31. The summed E-state index contributed by atoms with van der Waals surface area (Å²) in [6.07, 6.45) is 1.07. The molecule has 1 unspecified atom stereocenters. The van der Waals surface area contributed by atoms with Crippen molar-refractivity contribution in [2.45, 2.75) is 32.7 Å². The van der Waals surface area contributed by atoms with E-state index < -0.39 is 0 Å². The van der Waals surface area contributed by atoms with Gasteiger partial charge >= 0.3 is 0 Å². The van der Waals surface area contributed by atoms with Crippen LogP contribution < -0.4 is 5.73 Å². The van der Waals surface area contributed by atoms with Crippen LogP contribution in [-0.2, 0) is 6.54 Å². The van der Waals surface area contributed by atoms with Crippen molar-refractivity contribution in [1.29, 1.82) is 0 Å². The van der Waals surface area contributed by atoms with E-state index in [1.807, 2.05) is 18.2 Å². The lowest BCUT2D eigenvalue weighted by atomic mass is 10.1. The molecule has 0 amide bonds. The van der Waals surface area contributed by atoms with Gasteiger partial charge in [-0.15, -0.1) is 0 Å². The van der Waals surface area contributed by atoms with Gasteiger partial charge < -0.3 is 10.3 Å². The van der Waals surface area contributed by atoms with Crippen LogP contribution in [0.15, 0.2) is 18.2 Å². The number of imidazole rings is 1. The first-order valence-corrected chi connectivity index (χ1v) is 6.41. The van der Waals surface area contributed by atoms with Gasteiger partial charge in [0.05, 0.1) is 11.0 Å². The molecule has 2 rings (SSSR count). The molecule has 0 bridgehead atoms. The first kappa shape index (κ1) is 12.4. The Morgan fingerprint density at radius 3 is 2.88 bits per heavy atom. The zero-order valence-electron chi connectivity index (χ0n) is 10.3. The summed E-state index contributed by atoms with van der Waals surface area (Å²) in [5, 5.41) is 0.752. The quantitative estimate of drug-likeness (QED) is 0.907. The Morgan fingerprint density at radius 1 is 1.47 bits per heavy atom. The van der Waals surface area contributed by atoms with Crippen molar-refractivity contribution in [2.75, 3.05) is 6.54 Å². The van der Waals surface area contributed by atoms with Gasteiger partial charge in [-0.3, -0.25) is 0 Å². The van der Waals surface area contributed by atoms with Crippen molar-refractivity contribution >= 4 is 22.6 Å². The van der Waals surface area contributed by atoms with Gasteiger partial charge in [0.25, 0.3) is 0 Å². The number of hydrogen-bond acceptors (Lipinski definition) is 2. The molecule has 0 saturated carbocycles. The second-order valence-electron chi connectivity index (χ2n) is 4.39. The molecular formula is C13H18ClN3. The van der Waals surface area contributed by atoms with E-state index in [0.717, 1.165) is 34.8 Å². The van der Waals surface area contributed by atoms with Gasteiger partial charge in [0.15, 0.2) is 0 Å². The largest absolute Gasteiger partial charge is 0.330 e. The number of halogens is 1. The molecule has 17 heavy (non-hydrogen) atoms. The van der Waals surface area contributed by atoms with E-state index in [9.17, 15) is 0 Å². The van der Waals surface area contributed by atoms with Crippen LogP contribution in [0.4, 0.5) is 0 Å². The number of benzene rings is 1. The summed E-state index contributed by atoms with van der Waals surface area (Å²) >= 11 is 6.05. The van der Waals surface area contributed by atoms with Crippen LogP contribution >= 0.6 is 11.6 Å².